The van der Waals surface area contributed by atoms with Crippen LogP contribution in [-0.2, 0) is 16.1 Å². The number of fused-ring (bicyclic) bond motifs is 1. The number of carbonyl (C=O) groups is 1. The van der Waals surface area contributed by atoms with Gasteiger partial charge in [0.05, 0.1) is 23.7 Å². The van der Waals surface area contributed by atoms with Gasteiger partial charge in [0, 0.05) is 26.1 Å². The number of para-hydroxylation sites is 2. The van der Waals surface area contributed by atoms with Crippen LogP contribution in [0, 0.1) is 0 Å². The van der Waals surface area contributed by atoms with Crippen molar-refractivity contribution in [3.05, 3.63) is 30.1 Å². The molecule has 23 heavy (non-hydrogen) atoms. The number of benzene rings is 1. The molecule has 2 heterocycles. The van der Waals surface area contributed by atoms with E-state index in [9.17, 15) is 4.79 Å². The molecule has 1 aliphatic rings. The van der Waals surface area contributed by atoms with E-state index in [0.717, 1.165) is 42.8 Å². The molecule has 1 atom stereocenters. The summed E-state index contributed by atoms with van der Waals surface area (Å²) in [4.78, 5) is 19.1. The number of imidazole rings is 1. The predicted molar refractivity (Wildman–Crippen MR) is 90.2 cm³/mol. The molecule has 1 aromatic carbocycles. The Morgan fingerprint density at radius 1 is 1.35 bits per heavy atom. The molecule has 0 saturated carbocycles. The first kappa shape index (κ1) is 16.0. The first-order valence-corrected chi connectivity index (χ1v) is 8.58. The topological polar surface area (TPSA) is 47.4 Å². The Balaban J connectivity index is 1.98. The van der Waals surface area contributed by atoms with Crippen LogP contribution in [0.5, 0.6) is 0 Å². The minimum atomic E-state index is 0.0940. The minimum Gasteiger partial charge on any atom is -0.380 e. The molecule has 0 spiro atoms. The molecular formula is C18H25N3O2. The summed E-state index contributed by atoms with van der Waals surface area (Å²) in [6.07, 6.45) is 2.59. The van der Waals surface area contributed by atoms with Gasteiger partial charge in [0.15, 0.2) is 0 Å². The van der Waals surface area contributed by atoms with E-state index in [2.05, 4.69) is 10.6 Å². The molecule has 1 fully saturated rings. The minimum absolute atomic E-state index is 0.0940. The zero-order chi connectivity index (χ0) is 16.2. The van der Waals surface area contributed by atoms with Gasteiger partial charge in [-0.25, -0.2) is 4.98 Å². The fourth-order valence-corrected chi connectivity index (χ4v) is 3.42. The van der Waals surface area contributed by atoms with Crippen LogP contribution >= 0.6 is 0 Å². The summed E-state index contributed by atoms with van der Waals surface area (Å²) in [5.41, 5.74) is 2.12. The fourth-order valence-electron chi connectivity index (χ4n) is 3.42. The monoisotopic (exact) mass is 315 g/mol. The number of aromatic nitrogens is 2. The van der Waals surface area contributed by atoms with E-state index in [1.54, 1.807) is 0 Å². The number of nitrogens with zero attached hydrogens (tertiary/aromatic N) is 3. The van der Waals surface area contributed by atoms with Crippen LogP contribution in [0.25, 0.3) is 11.0 Å². The molecular weight excluding hydrogens is 290 g/mol. The molecule has 5 heteroatoms. The van der Waals surface area contributed by atoms with Gasteiger partial charge in [-0.15, -0.1) is 0 Å². The van der Waals surface area contributed by atoms with E-state index in [0.29, 0.717) is 19.6 Å². The van der Waals surface area contributed by atoms with Crippen molar-refractivity contribution in [1.29, 1.82) is 0 Å². The lowest BCUT2D eigenvalue weighted by Gasteiger charge is -2.24. The van der Waals surface area contributed by atoms with Gasteiger partial charge in [0.25, 0.3) is 0 Å². The maximum atomic E-state index is 12.2. The summed E-state index contributed by atoms with van der Waals surface area (Å²) >= 11 is 0. The smallest absolute Gasteiger partial charge is 0.222 e. The second kappa shape index (κ2) is 7.13. The van der Waals surface area contributed by atoms with E-state index >= 15 is 0 Å². The third kappa shape index (κ3) is 3.11. The van der Waals surface area contributed by atoms with Crippen LogP contribution in [0.2, 0.25) is 0 Å². The van der Waals surface area contributed by atoms with Crippen LogP contribution < -0.4 is 0 Å². The largest absolute Gasteiger partial charge is 0.380 e. The van der Waals surface area contributed by atoms with Gasteiger partial charge in [-0.1, -0.05) is 19.1 Å². The van der Waals surface area contributed by atoms with Crippen molar-refractivity contribution in [2.75, 3.05) is 19.8 Å². The summed E-state index contributed by atoms with van der Waals surface area (Å²) in [5, 5.41) is 0. The molecule has 0 aliphatic carbocycles. The number of hydrogen-bond acceptors (Lipinski definition) is 3. The average Bonchev–Trinajstić information content (AvgIpc) is 3.19. The van der Waals surface area contributed by atoms with Crippen LogP contribution in [0.15, 0.2) is 24.3 Å². The summed E-state index contributed by atoms with van der Waals surface area (Å²) in [5.74, 6) is 1.22. The Bertz CT molecular complexity index is 680. The third-order valence-electron chi connectivity index (χ3n) is 4.52. The van der Waals surface area contributed by atoms with E-state index in [-0.39, 0.29) is 11.9 Å². The molecule has 1 amide bonds. The zero-order valence-corrected chi connectivity index (χ0v) is 14.0. The van der Waals surface area contributed by atoms with Crippen LogP contribution in [0.3, 0.4) is 0 Å². The first-order valence-electron chi connectivity index (χ1n) is 8.58. The van der Waals surface area contributed by atoms with Gasteiger partial charge in [-0.05, 0) is 31.9 Å². The molecule has 1 aromatic heterocycles. The van der Waals surface area contributed by atoms with Crippen LogP contribution in [0.1, 0.15) is 45.0 Å². The van der Waals surface area contributed by atoms with Gasteiger partial charge >= 0.3 is 0 Å². The second-order valence-corrected chi connectivity index (χ2v) is 5.91. The van der Waals surface area contributed by atoms with Crippen molar-refractivity contribution in [2.45, 2.75) is 45.7 Å². The van der Waals surface area contributed by atoms with Crippen molar-refractivity contribution >= 4 is 16.9 Å². The molecule has 1 aliphatic heterocycles. The van der Waals surface area contributed by atoms with Gasteiger partial charge in [-0.3, -0.25) is 4.79 Å². The average molecular weight is 315 g/mol. The van der Waals surface area contributed by atoms with E-state index in [1.807, 2.05) is 36.9 Å². The Labute approximate surface area is 137 Å². The summed E-state index contributed by atoms with van der Waals surface area (Å²) in [6, 6.07) is 8.27. The number of likely N-dealkylation sites (tertiary alicyclic amines) is 1. The van der Waals surface area contributed by atoms with Crippen molar-refractivity contribution in [2.24, 2.45) is 0 Å². The van der Waals surface area contributed by atoms with E-state index in [4.69, 9.17) is 9.72 Å². The highest BCUT2D eigenvalue weighted by Gasteiger charge is 2.32. The fraction of sp³-hybridized carbons (Fsp3) is 0.556. The molecule has 1 saturated heterocycles. The quantitative estimate of drug-likeness (QED) is 0.769. The summed E-state index contributed by atoms with van der Waals surface area (Å²) in [6.45, 7) is 6.92. The van der Waals surface area contributed by atoms with Crippen LogP contribution in [-0.4, -0.2) is 40.1 Å². The van der Waals surface area contributed by atoms with Gasteiger partial charge in [0.1, 0.15) is 5.82 Å². The van der Waals surface area contributed by atoms with Crippen molar-refractivity contribution in [3.63, 3.8) is 0 Å². The maximum Gasteiger partial charge on any atom is 0.222 e. The highest BCUT2D eigenvalue weighted by molar-refractivity contribution is 5.78. The highest BCUT2D eigenvalue weighted by Crippen LogP contribution is 2.33. The van der Waals surface area contributed by atoms with Gasteiger partial charge < -0.3 is 14.2 Å². The lowest BCUT2D eigenvalue weighted by Crippen LogP contribution is -2.31. The number of carbonyl (C=O) groups excluding carboxylic acids is 1. The lowest BCUT2D eigenvalue weighted by atomic mass is 10.2. The predicted octanol–water partition coefficient (Wildman–Crippen LogP) is 3.15. The molecule has 0 N–H and O–H groups in total. The molecule has 3 rings (SSSR count). The van der Waals surface area contributed by atoms with E-state index < -0.39 is 0 Å². The van der Waals surface area contributed by atoms with Gasteiger partial charge in [-0.2, -0.15) is 0 Å². The van der Waals surface area contributed by atoms with Crippen molar-refractivity contribution in [1.82, 2.24) is 14.5 Å². The SMILES string of the molecule is CCOCCn1c(C2CCCN2C(=O)CC)nc2ccccc21. The summed E-state index contributed by atoms with van der Waals surface area (Å²) < 4.78 is 7.77. The molecule has 0 bridgehead atoms. The number of amides is 1. The third-order valence-corrected chi connectivity index (χ3v) is 4.52. The van der Waals surface area contributed by atoms with Crippen molar-refractivity contribution in [3.8, 4) is 0 Å². The Morgan fingerprint density at radius 2 is 2.17 bits per heavy atom. The number of hydrogen-bond donors (Lipinski definition) is 0. The van der Waals surface area contributed by atoms with Crippen molar-refractivity contribution < 1.29 is 9.53 Å². The maximum absolute atomic E-state index is 12.2. The molecule has 0 radical (unpaired) electrons. The summed E-state index contributed by atoms with van der Waals surface area (Å²) in [7, 11) is 0. The Kier molecular flexibility index (Phi) is 4.96. The number of rotatable bonds is 6. The molecule has 1 unspecified atom stereocenters. The highest BCUT2D eigenvalue weighted by atomic mass is 16.5. The van der Waals surface area contributed by atoms with Gasteiger partial charge in [0.2, 0.25) is 5.91 Å². The Morgan fingerprint density at radius 3 is 2.96 bits per heavy atom. The first-order chi connectivity index (χ1) is 11.3. The lowest BCUT2D eigenvalue weighted by molar-refractivity contribution is -0.131. The van der Waals surface area contributed by atoms with Crippen LogP contribution in [0.4, 0.5) is 0 Å². The number of ether oxygens (including phenoxy) is 1. The standard InChI is InChI=1S/C18H25N3O2/c1-3-17(22)20-11-7-10-16(20)18-19-14-8-5-6-9-15(14)21(18)12-13-23-4-2/h5-6,8-9,16H,3-4,7,10-13H2,1-2H3. The second-order valence-electron chi connectivity index (χ2n) is 5.91. The zero-order valence-electron chi connectivity index (χ0n) is 14.0. The molecule has 2 aromatic rings. The van der Waals surface area contributed by atoms with E-state index in [1.165, 1.54) is 0 Å². The normalized spacial score (nSPS) is 18.0. The Hall–Kier alpha value is -1.88. The molecule has 5 nitrogen and oxygen atoms in total. The molecule has 124 valence electrons.